The van der Waals surface area contributed by atoms with Crippen LogP contribution in [0.1, 0.15) is 70.6 Å². The van der Waals surface area contributed by atoms with Gasteiger partial charge in [-0.15, -0.1) is 11.8 Å². The Hall–Kier alpha value is -1.66. The lowest BCUT2D eigenvalue weighted by molar-refractivity contribution is -0.141. The summed E-state index contributed by atoms with van der Waals surface area (Å²) in [4.78, 5) is 30.3. The number of carbonyl (C=O) groups is 2. The summed E-state index contributed by atoms with van der Waals surface area (Å²) in [6, 6.07) is 4.56. The number of aliphatic imine (C=N–C) groups is 1. The minimum absolute atomic E-state index is 0.166. The highest BCUT2D eigenvalue weighted by atomic mass is 32.2. The molecule has 5 nitrogen and oxygen atoms in total. The number of nitrogens with zero attached hydrogens (tertiary/aromatic N) is 3. The fourth-order valence-corrected chi connectivity index (χ4v) is 9.11. The van der Waals surface area contributed by atoms with Crippen molar-refractivity contribution in [3.05, 3.63) is 0 Å². The molecule has 0 aromatic rings. The number of hydrogen-bond acceptors (Lipinski definition) is 5. The van der Waals surface area contributed by atoms with Crippen molar-refractivity contribution in [3.63, 3.8) is 0 Å². The van der Waals surface area contributed by atoms with Gasteiger partial charge in [-0.1, -0.05) is 19.3 Å². The predicted molar refractivity (Wildman–Crippen MR) is 114 cm³/mol. The SMILES string of the molecule is N#CC1C(=O)N=C(SCC(=O)C23CC4CC(CC(C4)C2)C3)C(C#N)C12CCCCC2. The summed E-state index contributed by atoms with van der Waals surface area (Å²) >= 11 is 1.32. The van der Waals surface area contributed by atoms with Gasteiger partial charge in [-0.05, 0) is 69.1 Å². The van der Waals surface area contributed by atoms with Crippen LogP contribution in [0.15, 0.2) is 4.99 Å². The van der Waals surface area contributed by atoms with Gasteiger partial charge in [0, 0.05) is 10.8 Å². The molecule has 1 heterocycles. The van der Waals surface area contributed by atoms with Crippen molar-refractivity contribution in [1.82, 2.24) is 0 Å². The highest BCUT2D eigenvalue weighted by Gasteiger charge is 2.56. The van der Waals surface area contributed by atoms with Crippen molar-refractivity contribution >= 4 is 28.5 Å². The second kappa shape index (κ2) is 7.49. The average Bonchev–Trinajstić information content (AvgIpc) is 2.72. The number of carbonyl (C=O) groups excluding carboxylic acids is 2. The molecule has 1 amide bonds. The molecule has 158 valence electrons. The van der Waals surface area contributed by atoms with Crippen LogP contribution in [0.4, 0.5) is 0 Å². The first-order chi connectivity index (χ1) is 14.5. The minimum Gasteiger partial charge on any atom is -0.298 e. The standard InChI is InChI=1S/C24H29N3O2S/c25-12-18-21(29)27-22(19(13-26)24(18)4-2-1-3-5-24)30-14-20(28)23-9-15-6-16(10-23)8-17(7-15)11-23/h15-19H,1-11,14H2. The van der Waals surface area contributed by atoms with E-state index in [1.807, 2.05) is 0 Å². The number of Topliss-reactive ketones (excluding diaryl/α,β-unsaturated/α-hetero) is 1. The van der Waals surface area contributed by atoms with Crippen LogP contribution in [0.3, 0.4) is 0 Å². The van der Waals surface area contributed by atoms with E-state index in [1.54, 1.807) is 0 Å². The van der Waals surface area contributed by atoms with Gasteiger partial charge >= 0.3 is 0 Å². The lowest BCUT2D eigenvalue weighted by Gasteiger charge is -2.56. The van der Waals surface area contributed by atoms with Crippen LogP contribution in [0.25, 0.3) is 0 Å². The Morgan fingerprint density at radius 1 is 0.967 bits per heavy atom. The van der Waals surface area contributed by atoms with Crippen molar-refractivity contribution in [2.45, 2.75) is 70.6 Å². The number of nitriles is 2. The van der Waals surface area contributed by atoms with Gasteiger partial charge in [-0.3, -0.25) is 9.59 Å². The molecule has 4 bridgehead atoms. The zero-order valence-corrected chi connectivity index (χ0v) is 18.3. The van der Waals surface area contributed by atoms with E-state index in [9.17, 15) is 20.1 Å². The van der Waals surface area contributed by atoms with Gasteiger partial charge in [0.15, 0.2) is 0 Å². The van der Waals surface area contributed by atoms with Gasteiger partial charge in [-0.25, -0.2) is 4.99 Å². The molecule has 6 heteroatoms. The summed E-state index contributed by atoms with van der Waals surface area (Å²) in [7, 11) is 0. The third-order valence-corrected chi connectivity index (χ3v) is 9.92. The van der Waals surface area contributed by atoms with Gasteiger partial charge in [0.25, 0.3) is 5.91 Å². The van der Waals surface area contributed by atoms with E-state index in [-0.39, 0.29) is 5.41 Å². The number of rotatable bonds is 3. The van der Waals surface area contributed by atoms with Crippen molar-refractivity contribution in [1.29, 1.82) is 10.5 Å². The zero-order valence-electron chi connectivity index (χ0n) is 17.4. The van der Waals surface area contributed by atoms with Gasteiger partial charge in [0.1, 0.15) is 17.6 Å². The summed E-state index contributed by atoms with van der Waals surface area (Å²) in [6.45, 7) is 0. The molecule has 5 saturated carbocycles. The molecular formula is C24H29N3O2S. The van der Waals surface area contributed by atoms with E-state index in [1.165, 1.54) is 31.0 Å². The Bertz CT molecular complexity index is 839. The van der Waals surface area contributed by atoms with Crippen LogP contribution in [0.5, 0.6) is 0 Å². The molecule has 5 fully saturated rings. The Kier molecular flexibility index (Phi) is 5.05. The third-order valence-electron chi connectivity index (χ3n) is 8.89. The molecule has 5 aliphatic carbocycles. The van der Waals surface area contributed by atoms with Crippen molar-refractivity contribution < 1.29 is 9.59 Å². The maximum absolute atomic E-state index is 13.4. The summed E-state index contributed by atoms with van der Waals surface area (Å²) in [5.74, 6) is 0.978. The van der Waals surface area contributed by atoms with Crippen LogP contribution in [0, 0.1) is 63.1 Å². The third kappa shape index (κ3) is 3.06. The molecule has 1 aliphatic heterocycles. The van der Waals surface area contributed by atoms with Gasteiger partial charge in [0.05, 0.1) is 22.9 Å². The molecular weight excluding hydrogens is 394 g/mol. The molecule has 2 atom stereocenters. The van der Waals surface area contributed by atoms with Crippen LogP contribution < -0.4 is 0 Å². The fourth-order valence-electron chi connectivity index (χ4n) is 7.91. The Morgan fingerprint density at radius 3 is 2.07 bits per heavy atom. The van der Waals surface area contributed by atoms with Crippen LogP contribution in [-0.4, -0.2) is 22.5 Å². The summed E-state index contributed by atoms with van der Waals surface area (Å²) in [5, 5.41) is 20.2. The molecule has 1 spiro atoms. The molecule has 0 saturated heterocycles. The maximum atomic E-state index is 13.4. The molecule has 0 aromatic carbocycles. The summed E-state index contributed by atoms with van der Waals surface area (Å²) in [5.41, 5.74) is -0.784. The quantitative estimate of drug-likeness (QED) is 0.657. The first kappa shape index (κ1) is 20.3. The molecule has 6 rings (SSSR count). The number of ketones is 1. The molecule has 0 aromatic heterocycles. The normalized spacial score (nSPS) is 41.2. The minimum atomic E-state index is -0.828. The van der Waals surface area contributed by atoms with E-state index >= 15 is 0 Å². The summed E-state index contributed by atoms with van der Waals surface area (Å²) < 4.78 is 0. The first-order valence-electron chi connectivity index (χ1n) is 11.6. The summed E-state index contributed by atoms with van der Waals surface area (Å²) in [6.07, 6.45) is 11.4. The average molecular weight is 424 g/mol. The monoisotopic (exact) mass is 423 g/mol. The topological polar surface area (TPSA) is 94.1 Å². The van der Waals surface area contributed by atoms with Crippen molar-refractivity contribution in [3.8, 4) is 12.1 Å². The molecule has 6 aliphatic rings. The van der Waals surface area contributed by atoms with Crippen molar-refractivity contribution in [2.24, 2.45) is 45.4 Å². The number of thioether (sulfide) groups is 1. The zero-order chi connectivity index (χ0) is 20.9. The predicted octanol–water partition coefficient (Wildman–Crippen LogP) is 4.67. The largest absolute Gasteiger partial charge is 0.298 e. The van der Waals surface area contributed by atoms with Gasteiger partial charge in [0.2, 0.25) is 0 Å². The Morgan fingerprint density at radius 2 is 1.53 bits per heavy atom. The second-order valence-corrected chi connectivity index (χ2v) is 11.6. The fraction of sp³-hybridized carbons (Fsp3) is 0.792. The molecule has 2 unspecified atom stereocenters. The lowest BCUT2D eigenvalue weighted by atomic mass is 9.48. The Labute approximate surface area is 182 Å². The number of hydrogen-bond donors (Lipinski definition) is 0. The van der Waals surface area contributed by atoms with Crippen molar-refractivity contribution in [2.75, 3.05) is 5.75 Å². The molecule has 30 heavy (non-hydrogen) atoms. The van der Waals surface area contributed by atoms with E-state index in [0.717, 1.165) is 51.4 Å². The van der Waals surface area contributed by atoms with Crippen LogP contribution in [0.2, 0.25) is 0 Å². The highest BCUT2D eigenvalue weighted by Crippen LogP contribution is 2.60. The Balaban J connectivity index is 1.35. The lowest BCUT2D eigenvalue weighted by Crippen LogP contribution is -2.51. The van der Waals surface area contributed by atoms with E-state index < -0.39 is 23.2 Å². The number of amides is 1. The second-order valence-electron chi connectivity index (χ2n) is 10.6. The van der Waals surface area contributed by atoms with E-state index in [0.29, 0.717) is 34.3 Å². The van der Waals surface area contributed by atoms with E-state index in [2.05, 4.69) is 17.1 Å². The molecule has 0 N–H and O–H groups in total. The van der Waals surface area contributed by atoms with E-state index in [4.69, 9.17) is 0 Å². The smallest absolute Gasteiger partial charge is 0.264 e. The molecule has 0 radical (unpaired) electrons. The van der Waals surface area contributed by atoms with Crippen LogP contribution >= 0.6 is 11.8 Å². The van der Waals surface area contributed by atoms with Gasteiger partial charge < -0.3 is 0 Å². The van der Waals surface area contributed by atoms with Crippen LogP contribution in [-0.2, 0) is 9.59 Å². The van der Waals surface area contributed by atoms with Gasteiger partial charge in [-0.2, -0.15) is 10.5 Å². The first-order valence-corrected chi connectivity index (χ1v) is 12.6. The highest BCUT2D eigenvalue weighted by molar-refractivity contribution is 8.14. The maximum Gasteiger partial charge on any atom is 0.264 e.